The minimum Gasteiger partial charge on any atom is -0.507 e. The van der Waals surface area contributed by atoms with Gasteiger partial charge in [-0.05, 0) is 37.6 Å². The first-order chi connectivity index (χ1) is 13.9. The van der Waals surface area contributed by atoms with Crippen molar-refractivity contribution in [2.24, 2.45) is 7.05 Å². The maximum atomic E-state index is 13.0. The van der Waals surface area contributed by atoms with Crippen molar-refractivity contribution in [1.29, 1.82) is 0 Å². The molecule has 1 N–H and O–H groups in total. The number of furan rings is 1. The molecule has 1 atom stereocenters. The van der Waals surface area contributed by atoms with Crippen molar-refractivity contribution in [1.82, 2.24) is 19.7 Å². The van der Waals surface area contributed by atoms with E-state index in [1.165, 1.54) is 11.2 Å². The lowest BCUT2D eigenvalue weighted by atomic mass is 9.98. The van der Waals surface area contributed by atoms with E-state index in [0.29, 0.717) is 22.7 Å². The molecule has 4 rings (SSSR count). The van der Waals surface area contributed by atoms with Crippen LogP contribution in [0.3, 0.4) is 0 Å². The minimum absolute atomic E-state index is 0.00644. The average Bonchev–Trinajstić information content (AvgIpc) is 3.37. The average molecular weight is 392 g/mol. The highest BCUT2D eigenvalue weighted by Crippen LogP contribution is 2.41. The Bertz CT molecular complexity index is 1110. The molecular weight excluding hydrogens is 372 g/mol. The van der Waals surface area contributed by atoms with Crippen LogP contribution in [-0.2, 0) is 23.2 Å². The Balaban J connectivity index is 1.88. The zero-order valence-corrected chi connectivity index (χ0v) is 16.3. The number of pyridine rings is 1. The SMILES string of the molecule is Cc1nn(C)c(C)c1/C(O)=C1\C(=O)C(=O)N(Cc2cccnc2)[C@H]1c1ccco1. The Morgan fingerprint density at radius 3 is 2.62 bits per heavy atom. The van der Waals surface area contributed by atoms with E-state index >= 15 is 0 Å². The smallest absolute Gasteiger partial charge is 0.296 e. The molecule has 1 amide bonds. The fraction of sp³-hybridized carbons (Fsp3) is 0.238. The summed E-state index contributed by atoms with van der Waals surface area (Å²) >= 11 is 0. The van der Waals surface area contributed by atoms with Crippen LogP contribution in [0.2, 0.25) is 0 Å². The number of aryl methyl sites for hydroxylation is 2. The number of aliphatic hydroxyl groups excluding tert-OH is 1. The molecule has 8 heteroatoms. The normalized spacial score (nSPS) is 18.6. The number of hydrogen-bond acceptors (Lipinski definition) is 6. The highest BCUT2D eigenvalue weighted by Gasteiger charge is 2.47. The molecule has 1 fully saturated rings. The number of rotatable bonds is 4. The largest absolute Gasteiger partial charge is 0.507 e. The molecule has 0 aliphatic carbocycles. The summed E-state index contributed by atoms with van der Waals surface area (Å²) < 4.78 is 7.16. The summed E-state index contributed by atoms with van der Waals surface area (Å²) in [5, 5.41) is 15.4. The van der Waals surface area contributed by atoms with Crippen LogP contribution in [0, 0.1) is 13.8 Å². The van der Waals surface area contributed by atoms with Crippen molar-refractivity contribution in [3.05, 3.63) is 76.8 Å². The third-order valence-electron chi connectivity index (χ3n) is 5.17. The number of aromatic nitrogens is 3. The summed E-state index contributed by atoms with van der Waals surface area (Å²) in [6.07, 6.45) is 4.74. The van der Waals surface area contributed by atoms with E-state index in [9.17, 15) is 14.7 Å². The van der Waals surface area contributed by atoms with Crippen molar-refractivity contribution in [3.63, 3.8) is 0 Å². The van der Waals surface area contributed by atoms with Crippen LogP contribution in [0.15, 0.2) is 52.9 Å². The third kappa shape index (κ3) is 3.02. The second kappa shape index (κ2) is 7.05. The highest BCUT2D eigenvalue weighted by molar-refractivity contribution is 6.46. The Hall–Kier alpha value is -3.68. The first-order valence-electron chi connectivity index (χ1n) is 9.11. The van der Waals surface area contributed by atoms with Gasteiger partial charge < -0.3 is 14.4 Å². The van der Waals surface area contributed by atoms with Gasteiger partial charge in [-0.15, -0.1) is 0 Å². The molecular formula is C21H20N4O4. The van der Waals surface area contributed by atoms with E-state index in [-0.39, 0.29) is 17.9 Å². The molecule has 0 spiro atoms. The Kier molecular flexibility index (Phi) is 4.54. The van der Waals surface area contributed by atoms with Gasteiger partial charge in [0.05, 0.1) is 23.1 Å². The van der Waals surface area contributed by atoms with Gasteiger partial charge in [0.15, 0.2) is 0 Å². The molecule has 3 aromatic heterocycles. The fourth-order valence-corrected chi connectivity index (χ4v) is 3.73. The van der Waals surface area contributed by atoms with Gasteiger partial charge in [-0.25, -0.2) is 0 Å². The Labute approximate surface area is 167 Å². The van der Waals surface area contributed by atoms with Crippen LogP contribution in [0.4, 0.5) is 0 Å². The van der Waals surface area contributed by atoms with E-state index in [4.69, 9.17) is 4.42 Å². The molecule has 148 valence electrons. The van der Waals surface area contributed by atoms with Gasteiger partial charge in [-0.1, -0.05) is 6.07 Å². The van der Waals surface area contributed by atoms with Crippen molar-refractivity contribution in [2.45, 2.75) is 26.4 Å². The van der Waals surface area contributed by atoms with E-state index < -0.39 is 17.7 Å². The summed E-state index contributed by atoms with van der Waals surface area (Å²) in [6, 6.07) is 6.10. The van der Waals surface area contributed by atoms with Gasteiger partial charge >= 0.3 is 0 Å². The van der Waals surface area contributed by atoms with Crippen LogP contribution < -0.4 is 0 Å². The van der Waals surface area contributed by atoms with Gasteiger partial charge in [0, 0.05) is 31.7 Å². The molecule has 1 aliphatic rings. The number of nitrogens with zero attached hydrogens (tertiary/aromatic N) is 4. The number of carbonyl (C=O) groups is 2. The number of Topliss-reactive ketones (excluding diaryl/α,β-unsaturated/α-hetero) is 1. The monoisotopic (exact) mass is 392 g/mol. The van der Waals surface area contributed by atoms with Crippen LogP contribution in [0.25, 0.3) is 5.76 Å². The molecule has 4 heterocycles. The first kappa shape index (κ1) is 18.7. The van der Waals surface area contributed by atoms with Gasteiger partial charge in [0.2, 0.25) is 0 Å². The number of amides is 1. The third-order valence-corrected chi connectivity index (χ3v) is 5.17. The predicted octanol–water partition coefficient (Wildman–Crippen LogP) is 2.65. The van der Waals surface area contributed by atoms with Crippen molar-refractivity contribution < 1.29 is 19.1 Å². The number of aliphatic hydroxyl groups is 1. The predicted molar refractivity (Wildman–Crippen MR) is 103 cm³/mol. The molecule has 1 aliphatic heterocycles. The molecule has 1 saturated heterocycles. The number of carbonyl (C=O) groups excluding carboxylic acids is 2. The van der Waals surface area contributed by atoms with Gasteiger partial charge in [-0.2, -0.15) is 5.10 Å². The molecule has 0 saturated carbocycles. The summed E-state index contributed by atoms with van der Waals surface area (Å²) in [6.45, 7) is 3.70. The van der Waals surface area contributed by atoms with Crippen molar-refractivity contribution in [2.75, 3.05) is 0 Å². The Morgan fingerprint density at radius 1 is 1.24 bits per heavy atom. The molecule has 29 heavy (non-hydrogen) atoms. The number of ketones is 1. The van der Waals surface area contributed by atoms with E-state index in [2.05, 4.69) is 10.1 Å². The van der Waals surface area contributed by atoms with Crippen LogP contribution in [0.5, 0.6) is 0 Å². The zero-order chi connectivity index (χ0) is 20.7. The lowest BCUT2D eigenvalue weighted by Crippen LogP contribution is -2.29. The standard InChI is InChI=1S/C21H20N4O4/c1-12-16(13(2)24(3)23-12)19(26)17-18(15-7-5-9-29-15)25(21(28)20(17)27)11-14-6-4-8-22-10-14/h4-10,18,26H,11H2,1-3H3/b19-17+/t18-/m0/s1. The lowest BCUT2D eigenvalue weighted by molar-refractivity contribution is -0.140. The second-order valence-corrected chi connectivity index (χ2v) is 6.97. The molecule has 0 bridgehead atoms. The van der Waals surface area contributed by atoms with Crippen molar-refractivity contribution >= 4 is 17.4 Å². The molecule has 0 aromatic carbocycles. The lowest BCUT2D eigenvalue weighted by Gasteiger charge is -2.23. The summed E-state index contributed by atoms with van der Waals surface area (Å²) in [4.78, 5) is 31.3. The van der Waals surface area contributed by atoms with E-state index in [0.717, 1.165) is 5.56 Å². The maximum Gasteiger partial charge on any atom is 0.296 e. The van der Waals surface area contributed by atoms with Gasteiger partial charge in [-0.3, -0.25) is 19.3 Å². The first-order valence-corrected chi connectivity index (χ1v) is 9.11. The van der Waals surface area contributed by atoms with Crippen LogP contribution in [-0.4, -0.2) is 36.5 Å². The van der Waals surface area contributed by atoms with Crippen LogP contribution in [0.1, 0.15) is 34.3 Å². The Morgan fingerprint density at radius 2 is 2.03 bits per heavy atom. The van der Waals surface area contributed by atoms with Gasteiger partial charge in [0.25, 0.3) is 11.7 Å². The van der Waals surface area contributed by atoms with Crippen molar-refractivity contribution in [3.8, 4) is 0 Å². The quantitative estimate of drug-likeness (QED) is 0.416. The minimum atomic E-state index is -0.843. The summed E-state index contributed by atoms with van der Waals surface area (Å²) in [7, 11) is 1.75. The zero-order valence-electron chi connectivity index (χ0n) is 16.3. The van der Waals surface area contributed by atoms with E-state index in [1.807, 2.05) is 6.07 Å². The summed E-state index contributed by atoms with van der Waals surface area (Å²) in [5.74, 6) is -1.30. The number of hydrogen-bond donors (Lipinski definition) is 1. The topological polar surface area (TPSA) is 101 Å². The highest BCUT2D eigenvalue weighted by atomic mass is 16.3. The molecule has 3 aromatic rings. The fourth-order valence-electron chi connectivity index (χ4n) is 3.73. The second-order valence-electron chi connectivity index (χ2n) is 6.97. The van der Waals surface area contributed by atoms with Gasteiger partial charge in [0.1, 0.15) is 17.6 Å². The molecule has 0 radical (unpaired) electrons. The molecule has 0 unspecified atom stereocenters. The van der Waals surface area contributed by atoms with Crippen LogP contribution >= 0.6 is 0 Å². The number of likely N-dealkylation sites (tertiary alicyclic amines) is 1. The maximum absolute atomic E-state index is 13.0. The van der Waals surface area contributed by atoms with E-state index in [1.54, 1.807) is 56.2 Å². The summed E-state index contributed by atoms with van der Waals surface area (Å²) in [5.41, 5.74) is 2.46. The molecule has 8 nitrogen and oxygen atoms in total.